The molecular weight excluding hydrogens is 416 g/mol. The van der Waals surface area contributed by atoms with E-state index in [0.29, 0.717) is 6.42 Å². The van der Waals surface area contributed by atoms with Crippen molar-refractivity contribution in [3.05, 3.63) is 0 Å². The molecule has 0 aromatic heterocycles. The molecule has 5 N–H and O–H groups in total. The second kappa shape index (κ2) is 30.8. The molecule has 0 aromatic carbocycles. The van der Waals surface area contributed by atoms with Crippen LogP contribution >= 0.6 is 0 Å². The summed E-state index contributed by atoms with van der Waals surface area (Å²) in [5.41, 5.74) is 0. The van der Waals surface area contributed by atoms with Gasteiger partial charge in [0.25, 0.3) is 0 Å². The van der Waals surface area contributed by atoms with Gasteiger partial charge in [0.05, 0.1) is 0 Å². The molecule has 0 aliphatic carbocycles. The van der Waals surface area contributed by atoms with Gasteiger partial charge in [-0.25, -0.2) is 0 Å². The van der Waals surface area contributed by atoms with E-state index in [2.05, 4.69) is 6.92 Å². The van der Waals surface area contributed by atoms with Crippen LogP contribution in [0.5, 0.6) is 0 Å². The van der Waals surface area contributed by atoms with Gasteiger partial charge in [-0.3, -0.25) is 4.79 Å². The summed E-state index contributed by atoms with van der Waals surface area (Å²) >= 11 is 0. The van der Waals surface area contributed by atoms with E-state index >= 15 is 0 Å². The molecule has 0 unspecified atom stereocenters. The first-order valence-corrected chi connectivity index (χ1v) is 11.7. The number of unbranched alkanes of at least 4 members (excludes halogenated alkanes) is 14. The van der Waals surface area contributed by atoms with E-state index in [9.17, 15) is 4.79 Å². The number of carboxylic acids is 1. The second-order valence-corrected chi connectivity index (χ2v) is 7.89. The van der Waals surface area contributed by atoms with Crippen molar-refractivity contribution in [2.45, 2.75) is 110 Å². The Labute approximate surface area is 221 Å². The Morgan fingerprint density at radius 2 is 0.857 bits per heavy atom. The Morgan fingerprint density at radius 3 is 1.07 bits per heavy atom. The van der Waals surface area contributed by atoms with E-state index < -0.39 is 15.0 Å². The van der Waals surface area contributed by atoms with Gasteiger partial charge < -0.3 is 30.0 Å². The SMILES string of the molecule is CCCCCCCCCCCCCCCCCC(=O)O.O[Si](O)(O)O.[AlH3].[H-].[H-].[H-].[H-].[Mg+2].[Mg+2]. The van der Waals surface area contributed by atoms with Crippen molar-refractivity contribution in [2.24, 2.45) is 0 Å². The molecular formula is C18H47AlMg2O6Si. The van der Waals surface area contributed by atoms with E-state index in [1.807, 2.05) is 0 Å². The molecule has 0 radical (unpaired) electrons. The van der Waals surface area contributed by atoms with Gasteiger partial charge in [0.1, 0.15) is 0 Å². The summed E-state index contributed by atoms with van der Waals surface area (Å²) in [5.74, 6) is -0.653. The van der Waals surface area contributed by atoms with Crippen LogP contribution in [0.3, 0.4) is 0 Å². The van der Waals surface area contributed by atoms with Crippen molar-refractivity contribution in [2.75, 3.05) is 0 Å². The summed E-state index contributed by atoms with van der Waals surface area (Å²) < 4.78 is 0. The Kier molecular flexibility index (Phi) is 44.0. The largest absolute Gasteiger partial charge is 2.00 e. The third kappa shape index (κ3) is 56.4. The minimum Gasteiger partial charge on any atom is -1.00 e. The quantitative estimate of drug-likeness (QED) is 0.177. The maximum Gasteiger partial charge on any atom is 2.00 e. The minimum absolute atomic E-state index is 0. The van der Waals surface area contributed by atoms with Crippen LogP contribution < -0.4 is 0 Å². The Morgan fingerprint density at radius 1 is 0.643 bits per heavy atom. The number of rotatable bonds is 16. The van der Waals surface area contributed by atoms with Crippen molar-refractivity contribution in [3.8, 4) is 0 Å². The molecule has 0 atom stereocenters. The number of hydrogen-bond donors (Lipinski definition) is 5. The maximum absolute atomic E-state index is 10.3. The van der Waals surface area contributed by atoms with Crippen molar-refractivity contribution < 1.29 is 34.8 Å². The van der Waals surface area contributed by atoms with E-state index in [1.165, 1.54) is 83.5 Å². The van der Waals surface area contributed by atoms with Gasteiger partial charge in [-0.05, 0) is 6.42 Å². The Balaban J connectivity index is -0.0000000569. The summed E-state index contributed by atoms with van der Waals surface area (Å²) in [4.78, 5) is 39.6. The minimum atomic E-state index is -4.61. The van der Waals surface area contributed by atoms with Gasteiger partial charge in [0.2, 0.25) is 0 Å². The monoisotopic (exact) mass is 462 g/mol. The normalized spacial score (nSPS) is 9.89. The van der Waals surface area contributed by atoms with Gasteiger partial charge in [0.15, 0.2) is 17.4 Å². The molecule has 0 heterocycles. The Bertz CT molecular complexity index is 309. The van der Waals surface area contributed by atoms with Crippen LogP contribution in [-0.4, -0.2) is 103 Å². The van der Waals surface area contributed by atoms with Gasteiger partial charge in [-0.1, -0.05) is 96.8 Å². The molecule has 0 aromatic rings. The molecule has 0 aliphatic rings. The average molecular weight is 463 g/mol. The van der Waals surface area contributed by atoms with Crippen LogP contribution in [0.1, 0.15) is 115 Å². The maximum atomic E-state index is 10.3. The predicted molar refractivity (Wildman–Crippen MR) is 128 cm³/mol. The van der Waals surface area contributed by atoms with Crippen LogP contribution in [0, 0.1) is 0 Å². The van der Waals surface area contributed by atoms with Crippen LogP contribution in [0.4, 0.5) is 0 Å². The molecule has 166 valence electrons. The summed E-state index contributed by atoms with van der Waals surface area (Å²) in [7, 11) is -4.61. The fourth-order valence-corrected chi connectivity index (χ4v) is 2.65. The van der Waals surface area contributed by atoms with Crippen LogP contribution in [0.2, 0.25) is 0 Å². The number of carbonyl (C=O) groups is 1. The third-order valence-electron chi connectivity index (χ3n) is 3.99. The van der Waals surface area contributed by atoms with Crippen LogP contribution in [0.15, 0.2) is 0 Å². The third-order valence-corrected chi connectivity index (χ3v) is 3.99. The second-order valence-electron chi connectivity index (χ2n) is 6.69. The van der Waals surface area contributed by atoms with Crippen molar-refractivity contribution in [1.82, 2.24) is 0 Å². The molecule has 0 saturated carbocycles. The van der Waals surface area contributed by atoms with E-state index in [4.69, 9.17) is 24.3 Å². The predicted octanol–water partition coefficient (Wildman–Crippen LogP) is 2.23. The number of hydrogen-bond acceptors (Lipinski definition) is 5. The first kappa shape index (κ1) is 40.0. The summed E-state index contributed by atoms with van der Waals surface area (Å²) in [6, 6.07) is 0. The molecule has 0 spiro atoms. The molecule has 10 heteroatoms. The molecule has 6 nitrogen and oxygen atoms in total. The van der Waals surface area contributed by atoms with Crippen molar-refractivity contribution in [1.29, 1.82) is 0 Å². The summed E-state index contributed by atoms with van der Waals surface area (Å²) in [6.07, 6.45) is 20.2. The standard InChI is InChI=1S/C18H36O2.Al.2Mg.H4O4Si.7H/c1-2-3-4-5-6-7-8-9-10-11-12-13-14-15-16-17-18(19)20;;;;1-5(2,3)4;;;;;;;/h2-17H2,1H3,(H,19,20);;;;1-4H;;;;;;;/q;;2*+2;;;;;4*-1. The molecule has 0 saturated heterocycles. The molecule has 0 amide bonds. The number of aliphatic carboxylic acids is 1. The Hall–Kier alpha value is 1.59. The smallest absolute Gasteiger partial charge is 1.00 e. The van der Waals surface area contributed by atoms with Gasteiger partial charge in [-0.2, -0.15) is 0 Å². The van der Waals surface area contributed by atoms with Gasteiger partial charge in [0, 0.05) is 6.42 Å². The zero-order valence-electron chi connectivity index (χ0n) is 21.4. The first-order valence-electron chi connectivity index (χ1n) is 9.88. The fourth-order valence-electron chi connectivity index (χ4n) is 2.65. The average Bonchev–Trinajstić information content (AvgIpc) is 2.49. The van der Waals surface area contributed by atoms with E-state index in [0.717, 1.165) is 12.8 Å². The van der Waals surface area contributed by atoms with Gasteiger partial charge in [-0.15, -0.1) is 0 Å². The van der Waals surface area contributed by atoms with Crippen molar-refractivity contribution >= 4 is 78.5 Å². The zero-order valence-corrected chi connectivity index (χ0v) is 21.2. The summed E-state index contributed by atoms with van der Waals surface area (Å²) in [5, 5.41) is 8.52. The number of carboxylic acid groups (broad SMARTS) is 1. The molecule has 28 heavy (non-hydrogen) atoms. The molecule has 0 fully saturated rings. The van der Waals surface area contributed by atoms with Crippen molar-refractivity contribution in [3.63, 3.8) is 0 Å². The topological polar surface area (TPSA) is 118 Å². The van der Waals surface area contributed by atoms with Crippen LogP contribution in [-0.2, 0) is 4.79 Å². The molecule has 0 rings (SSSR count). The van der Waals surface area contributed by atoms with Gasteiger partial charge >= 0.3 is 61.1 Å². The zero-order chi connectivity index (χ0) is 19.4. The van der Waals surface area contributed by atoms with E-state index in [1.54, 1.807) is 0 Å². The molecule has 0 bridgehead atoms. The fraction of sp³-hybridized carbons (Fsp3) is 0.944. The summed E-state index contributed by atoms with van der Waals surface area (Å²) in [6.45, 7) is 2.27. The molecule has 0 aliphatic heterocycles. The first-order chi connectivity index (χ1) is 11.8. The van der Waals surface area contributed by atoms with E-state index in [-0.39, 0.29) is 69.2 Å². The van der Waals surface area contributed by atoms with Crippen LogP contribution in [0.25, 0.3) is 0 Å².